The Morgan fingerprint density at radius 3 is 1.55 bits per heavy atom. The molecule has 3 rings (SSSR count). The molecule has 0 heterocycles. The average Bonchev–Trinajstić information content (AvgIpc) is 2.71. The summed E-state index contributed by atoms with van der Waals surface area (Å²) >= 11 is 0. The van der Waals surface area contributed by atoms with E-state index in [1.165, 1.54) is 12.1 Å². The molecule has 0 bridgehead atoms. The van der Waals surface area contributed by atoms with Crippen molar-refractivity contribution in [2.45, 2.75) is 6.18 Å². The minimum Gasteiger partial charge on any atom is -0.371 e. The van der Waals surface area contributed by atoms with Gasteiger partial charge in [0.15, 0.2) is 0 Å². The minimum atomic E-state index is -4.37. The van der Waals surface area contributed by atoms with E-state index in [0.29, 0.717) is 22.7 Å². The molecule has 0 fully saturated rings. The number of rotatable bonds is 5. The molecule has 0 aliphatic carbocycles. The Bertz CT molecular complexity index is 990. The molecule has 0 aliphatic rings. The van der Waals surface area contributed by atoms with Gasteiger partial charge in [0.1, 0.15) is 5.69 Å². The van der Waals surface area contributed by atoms with Crippen LogP contribution in [0.25, 0.3) is 0 Å². The third-order valence-electron chi connectivity index (χ3n) is 3.80. The number of hydrogen-bond donors (Lipinski definition) is 0. The van der Waals surface area contributed by atoms with Crippen molar-refractivity contribution in [3.05, 3.63) is 78.4 Å². The highest BCUT2D eigenvalue weighted by molar-refractivity contribution is 5.49. The average molecular weight is 395 g/mol. The summed E-state index contributed by atoms with van der Waals surface area (Å²) in [4.78, 5) is 1.91. The van der Waals surface area contributed by atoms with Crippen LogP contribution < -0.4 is 4.90 Å². The zero-order valence-electron chi connectivity index (χ0n) is 15.6. The van der Waals surface area contributed by atoms with E-state index in [9.17, 15) is 13.2 Å². The fourth-order valence-electron chi connectivity index (χ4n) is 2.22. The van der Waals surface area contributed by atoms with Crippen molar-refractivity contribution >= 4 is 28.4 Å². The zero-order valence-corrected chi connectivity index (χ0v) is 15.6. The van der Waals surface area contributed by atoms with E-state index in [0.717, 1.165) is 17.8 Å². The van der Waals surface area contributed by atoms with Crippen molar-refractivity contribution in [2.75, 3.05) is 19.0 Å². The highest BCUT2D eigenvalue weighted by Gasteiger charge is 2.29. The van der Waals surface area contributed by atoms with E-state index in [1.54, 1.807) is 30.3 Å². The molecule has 0 aliphatic heterocycles. The van der Waals surface area contributed by atoms with Gasteiger partial charge in [0.2, 0.25) is 0 Å². The van der Waals surface area contributed by atoms with Gasteiger partial charge in [-0.25, -0.2) is 0 Å². The number of nitrogens with zero attached hydrogens (tertiary/aromatic N) is 5. The second-order valence-corrected chi connectivity index (χ2v) is 6.21. The van der Waals surface area contributed by atoms with Crippen molar-refractivity contribution in [3.63, 3.8) is 0 Å². The van der Waals surface area contributed by atoms with E-state index in [-0.39, 0.29) is 0 Å². The van der Waals surface area contributed by atoms with Gasteiger partial charge in [-0.1, -0.05) is 0 Å². The molecule has 3 aromatic carbocycles. The first-order chi connectivity index (χ1) is 13.8. The molecule has 0 amide bonds. The van der Waals surface area contributed by atoms with Crippen LogP contribution >= 0.6 is 0 Å². The van der Waals surface area contributed by atoms with E-state index in [2.05, 4.69) is 32.6 Å². The first kappa shape index (κ1) is 20.0. The summed E-state index contributed by atoms with van der Waals surface area (Å²) in [7, 11) is 3.83. The highest BCUT2D eigenvalue weighted by atomic mass is 19.4. The van der Waals surface area contributed by atoms with Gasteiger partial charge >= 0.3 is 6.18 Å². The van der Waals surface area contributed by atoms with E-state index in [4.69, 9.17) is 0 Å². The van der Waals surface area contributed by atoms with Crippen LogP contribution in [0.3, 0.4) is 0 Å². The quantitative estimate of drug-likeness (QED) is 0.421. The van der Waals surface area contributed by atoms with Gasteiger partial charge in [0.05, 0.1) is 28.3 Å². The summed E-state index contributed by atoms with van der Waals surface area (Å²) in [5.74, 6) is 0. The standard InChI is InChI=1S/C21H16F3N5/c1-29(2)20-13-11-19(12-14-20)28-27-18-9-7-17(8-10-18)26-25-16-5-3-15(4-6-16)21(22,23)24/h3-11,13H,1-2H3. The van der Waals surface area contributed by atoms with Crippen LogP contribution in [0, 0.1) is 12.1 Å². The first-order valence-corrected chi connectivity index (χ1v) is 8.53. The molecule has 29 heavy (non-hydrogen) atoms. The fraction of sp³-hybridized carbons (Fsp3) is 0.143. The van der Waals surface area contributed by atoms with Crippen molar-refractivity contribution < 1.29 is 13.2 Å². The number of alkyl halides is 3. The molecule has 0 saturated heterocycles. The van der Waals surface area contributed by atoms with Gasteiger partial charge in [0, 0.05) is 14.1 Å². The van der Waals surface area contributed by atoms with Gasteiger partial charge in [-0.3, -0.25) is 0 Å². The Hall–Kier alpha value is -3.73. The lowest BCUT2D eigenvalue weighted by Crippen LogP contribution is -2.07. The van der Waals surface area contributed by atoms with E-state index >= 15 is 0 Å². The van der Waals surface area contributed by atoms with Crippen molar-refractivity contribution in [3.8, 4) is 0 Å². The van der Waals surface area contributed by atoms with Gasteiger partial charge in [-0.15, -0.1) is 10.2 Å². The predicted octanol–water partition coefficient (Wildman–Crippen LogP) is 7.20. The summed E-state index contributed by atoms with van der Waals surface area (Å²) in [5.41, 5.74) is 2.21. The smallest absolute Gasteiger partial charge is 0.371 e. The van der Waals surface area contributed by atoms with Crippen molar-refractivity contribution in [1.82, 2.24) is 0 Å². The van der Waals surface area contributed by atoms with Crippen molar-refractivity contribution in [2.24, 2.45) is 20.5 Å². The Labute approximate surface area is 166 Å². The normalized spacial score (nSPS) is 11.8. The van der Waals surface area contributed by atoms with Gasteiger partial charge in [0.25, 0.3) is 0 Å². The molecular formula is C21H16F3N5. The summed E-state index contributed by atoms with van der Waals surface area (Å²) in [6.07, 6.45) is -4.37. The molecule has 5 nitrogen and oxygen atoms in total. The summed E-state index contributed by atoms with van der Waals surface area (Å²) in [6, 6.07) is 20.8. The third-order valence-corrected chi connectivity index (χ3v) is 3.80. The monoisotopic (exact) mass is 395 g/mol. The fourth-order valence-corrected chi connectivity index (χ4v) is 2.22. The highest BCUT2D eigenvalue weighted by Crippen LogP contribution is 2.31. The van der Waals surface area contributed by atoms with Gasteiger partial charge in [-0.2, -0.15) is 23.4 Å². The molecule has 146 valence electrons. The van der Waals surface area contributed by atoms with Gasteiger partial charge < -0.3 is 4.90 Å². The van der Waals surface area contributed by atoms with E-state index < -0.39 is 11.7 Å². The Morgan fingerprint density at radius 2 is 1.14 bits per heavy atom. The minimum absolute atomic E-state index is 0.328. The van der Waals surface area contributed by atoms with E-state index in [1.807, 2.05) is 25.1 Å². The van der Waals surface area contributed by atoms with Crippen LogP contribution in [0.1, 0.15) is 5.56 Å². The molecular weight excluding hydrogens is 379 g/mol. The van der Waals surface area contributed by atoms with Crippen LogP contribution in [0.5, 0.6) is 0 Å². The summed E-state index contributed by atoms with van der Waals surface area (Å²) in [6.45, 7) is 0. The molecule has 0 saturated carbocycles. The molecule has 0 atom stereocenters. The first-order valence-electron chi connectivity index (χ1n) is 8.53. The zero-order chi connectivity index (χ0) is 20.9. The van der Waals surface area contributed by atoms with Gasteiger partial charge in [-0.05, 0) is 72.8 Å². The number of anilines is 1. The Kier molecular flexibility index (Phi) is 5.88. The second kappa shape index (κ2) is 8.52. The molecule has 0 aromatic heterocycles. The molecule has 0 spiro atoms. The number of halogens is 3. The van der Waals surface area contributed by atoms with Crippen molar-refractivity contribution in [1.29, 1.82) is 0 Å². The molecule has 8 heteroatoms. The Morgan fingerprint density at radius 1 is 0.655 bits per heavy atom. The SMILES string of the molecule is CN(C)c1c#cc(N=Nc2ccc(N=Nc3ccc(C(F)(F)F)cc3)cc2)cc1. The van der Waals surface area contributed by atoms with Crippen LogP contribution in [-0.2, 0) is 6.18 Å². The van der Waals surface area contributed by atoms with Crippen LogP contribution in [0.15, 0.2) is 81.1 Å². The van der Waals surface area contributed by atoms with Crippen LogP contribution in [-0.4, -0.2) is 14.1 Å². The molecule has 0 N–H and O–H groups in total. The van der Waals surface area contributed by atoms with Crippen LogP contribution in [0.2, 0.25) is 0 Å². The number of hydrogen-bond acceptors (Lipinski definition) is 5. The Balaban J connectivity index is 1.63. The predicted molar refractivity (Wildman–Crippen MR) is 105 cm³/mol. The third kappa shape index (κ3) is 5.62. The number of azo groups is 2. The maximum Gasteiger partial charge on any atom is 0.416 e. The molecule has 0 radical (unpaired) electrons. The lowest BCUT2D eigenvalue weighted by Gasteiger charge is -2.08. The maximum atomic E-state index is 12.6. The lowest BCUT2D eigenvalue weighted by molar-refractivity contribution is -0.137. The second-order valence-electron chi connectivity index (χ2n) is 6.21. The maximum absolute atomic E-state index is 12.6. The van der Waals surface area contributed by atoms with Crippen LogP contribution in [0.4, 0.5) is 41.6 Å². The molecule has 0 unspecified atom stereocenters. The summed E-state index contributed by atoms with van der Waals surface area (Å²) < 4.78 is 37.7. The topological polar surface area (TPSA) is 52.7 Å². The summed E-state index contributed by atoms with van der Waals surface area (Å²) in [5, 5.41) is 16.2. The largest absolute Gasteiger partial charge is 0.416 e. The number of benzene rings is 2. The molecule has 3 aromatic rings. The lowest BCUT2D eigenvalue weighted by atomic mass is 10.2.